The Morgan fingerprint density at radius 3 is 2.26 bits per heavy atom. The molecule has 0 fully saturated rings. The summed E-state index contributed by atoms with van der Waals surface area (Å²) in [5, 5.41) is 3.31. The number of hydrogen-bond donors (Lipinski definition) is 2. The minimum absolute atomic E-state index is 0.147. The third kappa shape index (κ3) is 5.04. The zero-order valence-electron chi connectivity index (χ0n) is 11.9. The molecule has 2 N–H and O–H groups in total. The SMILES string of the molecule is CCNS(=O)(=O)c1ccc(NCC(C)(C)SC)cc1. The van der Waals surface area contributed by atoms with Crippen molar-refractivity contribution in [3.8, 4) is 0 Å². The van der Waals surface area contributed by atoms with Crippen LogP contribution >= 0.6 is 11.8 Å². The molecule has 1 aromatic rings. The van der Waals surface area contributed by atoms with Gasteiger partial charge in [-0.1, -0.05) is 6.92 Å². The molecule has 0 saturated carbocycles. The summed E-state index contributed by atoms with van der Waals surface area (Å²) in [5.41, 5.74) is 0.928. The summed E-state index contributed by atoms with van der Waals surface area (Å²) >= 11 is 1.79. The summed E-state index contributed by atoms with van der Waals surface area (Å²) in [6.45, 7) is 7.30. The molecular weight excluding hydrogens is 280 g/mol. The first-order valence-corrected chi connectivity index (χ1v) is 8.90. The largest absolute Gasteiger partial charge is 0.384 e. The third-order valence-corrected chi connectivity index (χ3v) is 5.58. The van der Waals surface area contributed by atoms with E-state index in [0.717, 1.165) is 12.2 Å². The van der Waals surface area contributed by atoms with Gasteiger partial charge < -0.3 is 5.32 Å². The average molecular weight is 302 g/mol. The Kier molecular flexibility index (Phi) is 5.70. The van der Waals surface area contributed by atoms with E-state index in [9.17, 15) is 8.42 Å². The number of hydrogen-bond acceptors (Lipinski definition) is 4. The Balaban J connectivity index is 2.72. The second kappa shape index (κ2) is 6.63. The zero-order valence-corrected chi connectivity index (χ0v) is 13.5. The second-order valence-electron chi connectivity index (χ2n) is 4.84. The maximum Gasteiger partial charge on any atom is 0.240 e. The van der Waals surface area contributed by atoms with E-state index in [1.807, 2.05) is 0 Å². The molecule has 108 valence electrons. The number of nitrogens with one attached hydrogen (secondary N) is 2. The molecule has 0 amide bonds. The van der Waals surface area contributed by atoms with E-state index in [1.54, 1.807) is 43.0 Å². The van der Waals surface area contributed by atoms with Gasteiger partial charge in [-0.25, -0.2) is 13.1 Å². The highest BCUT2D eigenvalue weighted by molar-refractivity contribution is 7.99. The molecule has 0 heterocycles. The summed E-state index contributed by atoms with van der Waals surface area (Å²) in [6.07, 6.45) is 2.08. The average Bonchev–Trinajstić information content (AvgIpc) is 2.37. The van der Waals surface area contributed by atoms with Crippen LogP contribution in [-0.4, -0.2) is 32.5 Å². The van der Waals surface area contributed by atoms with Crippen LogP contribution in [0, 0.1) is 0 Å². The van der Waals surface area contributed by atoms with E-state index >= 15 is 0 Å². The lowest BCUT2D eigenvalue weighted by Gasteiger charge is -2.23. The van der Waals surface area contributed by atoms with E-state index in [-0.39, 0.29) is 4.75 Å². The summed E-state index contributed by atoms with van der Waals surface area (Å²) in [5.74, 6) is 0. The minimum atomic E-state index is -3.36. The van der Waals surface area contributed by atoms with E-state index in [2.05, 4.69) is 30.1 Å². The predicted octanol–water partition coefficient (Wildman–Crippen LogP) is 2.54. The minimum Gasteiger partial charge on any atom is -0.384 e. The molecule has 0 aromatic heterocycles. The topological polar surface area (TPSA) is 58.2 Å². The summed E-state index contributed by atoms with van der Waals surface area (Å²) in [6, 6.07) is 6.82. The van der Waals surface area contributed by atoms with Crippen molar-refractivity contribution in [2.75, 3.05) is 24.7 Å². The molecule has 0 saturated heterocycles. The van der Waals surface area contributed by atoms with Crippen LogP contribution in [0.4, 0.5) is 5.69 Å². The molecule has 0 spiro atoms. The van der Waals surface area contributed by atoms with Gasteiger partial charge in [0.1, 0.15) is 0 Å². The number of rotatable bonds is 7. The van der Waals surface area contributed by atoms with Crippen molar-refractivity contribution < 1.29 is 8.42 Å². The highest BCUT2D eigenvalue weighted by Crippen LogP contribution is 2.22. The fraction of sp³-hybridized carbons (Fsp3) is 0.538. The number of sulfonamides is 1. The van der Waals surface area contributed by atoms with Crippen LogP contribution in [-0.2, 0) is 10.0 Å². The van der Waals surface area contributed by atoms with Gasteiger partial charge in [0.05, 0.1) is 4.90 Å². The number of anilines is 1. The smallest absolute Gasteiger partial charge is 0.240 e. The molecule has 6 heteroatoms. The van der Waals surface area contributed by atoms with Crippen LogP contribution in [0.15, 0.2) is 29.2 Å². The van der Waals surface area contributed by atoms with Crippen molar-refractivity contribution >= 4 is 27.5 Å². The van der Waals surface area contributed by atoms with Crippen molar-refractivity contribution in [1.29, 1.82) is 0 Å². The summed E-state index contributed by atoms with van der Waals surface area (Å²) < 4.78 is 26.2. The molecule has 0 aliphatic heterocycles. The molecule has 0 bridgehead atoms. The maximum absolute atomic E-state index is 11.8. The van der Waals surface area contributed by atoms with E-state index < -0.39 is 10.0 Å². The molecule has 0 atom stereocenters. The Bertz CT molecular complexity index is 496. The highest BCUT2D eigenvalue weighted by atomic mass is 32.2. The molecule has 0 aliphatic carbocycles. The van der Waals surface area contributed by atoms with Crippen LogP contribution in [0.25, 0.3) is 0 Å². The Labute approximate surface area is 120 Å². The molecule has 19 heavy (non-hydrogen) atoms. The monoisotopic (exact) mass is 302 g/mol. The molecule has 0 unspecified atom stereocenters. The first-order chi connectivity index (χ1) is 8.80. The van der Waals surface area contributed by atoms with Crippen molar-refractivity contribution in [2.24, 2.45) is 0 Å². The molecular formula is C13H22N2O2S2. The fourth-order valence-corrected chi connectivity index (χ4v) is 2.67. The lowest BCUT2D eigenvalue weighted by atomic mass is 10.2. The van der Waals surface area contributed by atoms with Crippen LogP contribution in [0.5, 0.6) is 0 Å². The standard InChI is InChI=1S/C13H22N2O2S2/c1-5-15-19(16,17)12-8-6-11(7-9-12)14-10-13(2,3)18-4/h6-9,14-15H,5,10H2,1-4H3. The number of thioether (sulfide) groups is 1. The van der Waals surface area contributed by atoms with Gasteiger partial charge in [0.2, 0.25) is 10.0 Å². The summed E-state index contributed by atoms with van der Waals surface area (Å²) in [4.78, 5) is 0.295. The Morgan fingerprint density at radius 2 is 1.79 bits per heavy atom. The van der Waals surface area contributed by atoms with E-state index in [0.29, 0.717) is 11.4 Å². The first-order valence-electron chi connectivity index (χ1n) is 6.19. The zero-order chi connectivity index (χ0) is 14.5. The van der Waals surface area contributed by atoms with Gasteiger partial charge in [-0.3, -0.25) is 0 Å². The second-order valence-corrected chi connectivity index (χ2v) is 8.12. The maximum atomic E-state index is 11.8. The van der Waals surface area contributed by atoms with E-state index in [1.165, 1.54) is 0 Å². The van der Waals surface area contributed by atoms with Gasteiger partial charge in [-0.2, -0.15) is 11.8 Å². The first kappa shape index (κ1) is 16.3. The fourth-order valence-electron chi connectivity index (χ4n) is 1.41. The molecule has 0 aliphatic rings. The van der Waals surface area contributed by atoms with Crippen LogP contribution in [0.1, 0.15) is 20.8 Å². The van der Waals surface area contributed by atoms with Crippen LogP contribution in [0.2, 0.25) is 0 Å². The number of benzene rings is 1. The summed E-state index contributed by atoms with van der Waals surface area (Å²) in [7, 11) is -3.36. The molecule has 4 nitrogen and oxygen atoms in total. The third-order valence-electron chi connectivity index (χ3n) is 2.77. The van der Waals surface area contributed by atoms with Gasteiger partial charge in [-0.15, -0.1) is 0 Å². The van der Waals surface area contributed by atoms with Gasteiger partial charge in [0, 0.05) is 23.5 Å². The Hall–Kier alpha value is -0.720. The van der Waals surface area contributed by atoms with Gasteiger partial charge >= 0.3 is 0 Å². The normalized spacial score (nSPS) is 12.4. The molecule has 1 aromatic carbocycles. The van der Waals surface area contributed by atoms with E-state index in [4.69, 9.17) is 0 Å². The lowest BCUT2D eigenvalue weighted by Crippen LogP contribution is -2.26. The lowest BCUT2D eigenvalue weighted by molar-refractivity contribution is 0.584. The van der Waals surface area contributed by atoms with Crippen molar-refractivity contribution in [2.45, 2.75) is 30.4 Å². The molecule has 1 rings (SSSR count). The van der Waals surface area contributed by atoms with Crippen molar-refractivity contribution in [3.63, 3.8) is 0 Å². The van der Waals surface area contributed by atoms with Crippen molar-refractivity contribution in [1.82, 2.24) is 4.72 Å². The van der Waals surface area contributed by atoms with Crippen molar-refractivity contribution in [3.05, 3.63) is 24.3 Å². The van der Waals surface area contributed by atoms with Gasteiger partial charge in [0.25, 0.3) is 0 Å². The highest BCUT2D eigenvalue weighted by Gasteiger charge is 2.16. The molecule has 0 radical (unpaired) electrons. The quantitative estimate of drug-likeness (QED) is 0.812. The Morgan fingerprint density at radius 1 is 1.21 bits per heavy atom. The van der Waals surface area contributed by atoms with Gasteiger partial charge in [-0.05, 0) is 44.4 Å². The van der Waals surface area contributed by atoms with Gasteiger partial charge in [0.15, 0.2) is 0 Å². The van der Waals surface area contributed by atoms with Crippen LogP contribution < -0.4 is 10.0 Å². The predicted molar refractivity (Wildman–Crippen MR) is 83.4 cm³/mol. The van der Waals surface area contributed by atoms with Crippen LogP contribution in [0.3, 0.4) is 0 Å².